The molecule has 32 heavy (non-hydrogen) atoms. The number of fused-ring (bicyclic) bond motifs is 5. The normalized spacial score (nSPS) is 28.9. The smallest absolute Gasteiger partial charge is 0.227 e. The summed E-state index contributed by atoms with van der Waals surface area (Å²) < 4.78 is 14.6. The van der Waals surface area contributed by atoms with Crippen LogP contribution in [0.3, 0.4) is 0 Å². The molecule has 5 rings (SSSR count). The van der Waals surface area contributed by atoms with Gasteiger partial charge in [0.05, 0.1) is 29.3 Å². The zero-order chi connectivity index (χ0) is 22.4. The van der Waals surface area contributed by atoms with Gasteiger partial charge in [-0.05, 0) is 60.8 Å². The van der Waals surface area contributed by atoms with Crippen LogP contribution < -0.4 is 11.1 Å². The van der Waals surface area contributed by atoms with Gasteiger partial charge in [-0.15, -0.1) is 0 Å². The van der Waals surface area contributed by atoms with E-state index < -0.39 is 5.82 Å². The van der Waals surface area contributed by atoms with Gasteiger partial charge in [0.2, 0.25) is 11.9 Å². The highest BCUT2D eigenvalue weighted by molar-refractivity contribution is 8.00. The number of amides is 1. The Morgan fingerprint density at radius 1 is 1.31 bits per heavy atom. The number of anilines is 2. The van der Waals surface area contributed by atoms with Gasteiger partial charge in [0.25, 0.3) is 0 Å². The van der Waals surface area contributed by atoms with Crippen LogP contribution in [-0.4, -0.2) is 32.7 Å². The van der Waals surface area contributed by atoms with Crippen LogP contribution in [0.1, 0.15) is 29.7 Å². The Balaban J connectivity index is 1.55. The number of benzene rings is 1. The third-order valence-corrected chi connectivity index (χ3v) is 8.47. The lowest BCUT2D eigenvalue weighted by Gasteiger charge is -2.34. The van der Waals surface area contributed by atoms with Gasteiger partial charge in [0, 0.05) is 23.3 Å². The molecule has 0 unspecified atom stereocenters. The molecule has 164 valence electrons. The number of nitrogens with two attached hydrogens (primary N) is 1. The highest BCUT2D eigenvalue weighted by Gasteiger charge is 2.54. The lowest BCUT2D eigenvalue weighted by Crippen LogP contribution is -2.39. The van der Waals surface area contributed by atoms with Gasteiger partial charge < -0.3 is 11.1 Å². The largest absolute Gasteiger partial charge is 0.369 e. The standard InChI is InChI=1S/C23H22FN5O2S/c24-18-9-27-23-28-14-2-1-11(8-25)12(3-14)4-15(30)10-32-20-6-13-5-16(20)17(7-19(18)29-23)21(13)22(26)31/h1-3,9,13,16-17,20-21H,4-7,10H2,(H2,26,31)(H,27,28,29)/t13-,16-,17+,20+,21-/m0/s1. The van der Waals surface area contributed by atoms with E-state index >= 15 is 0 Å². The fourth-order valence-electron chi connectivity index (χ4n) is 5.69. The van der Waals surface area contributed by atoms with Gasteiger partial charge in [0.1, 0.15) is 5.78 Å². The fourth-order valence-corrected chi connectivity index (χ4v) is 7.14. The molecule has 7 nitrogen and oxygen atoms in total. The lowest BCUT2D eigenvalue weighted by molar-refractivity contribution is -0.125. The maximum atomic E-state index is 14.6. The molecule has 1 aromatic carbocycles. The van der Waals surface area contributed by atoms with Gasteiger partial charge in [-0.1, -0.05) is 0 Å². The van der Waals surface area contributed by atoms with Crippen LogP contribution in [0.25, 0.3) is 0 Å². The summed E-state index contributed by atoms with van der Waals surface area (Å²) in [5, 5.41) is 12.7. The number of nitriles is 1. The van der Waals surface area contributed by atoms with E-state index in [9.17, 15) is 19.2 Å². The molecule has 6 bridgehead atoms. The molecule has 2 heterocycles. The van der Waals surface area contributed by atoms with Crippen molar-refractivity contribution in [2.45, 2.75) is 30.9 Å². The predicted octanol–water partition coefficient (Wildman–Crippen LogP) is 2.76. The van der Waals surface area contributed by atoms with Crippen LogP contribution in [0.4, 0.5) is 16.0 Å². The number of nitrogens with one attached hydrogen (secondary N) is 1. The van der Waals surface area contributed by atoms with Gasteiger partial charge in [-0.3, -0.25) is 9.59 Å². The number of ketones is 1. The van der Waals surface area contributed by atoms with Crippen LogP contribution in [0.2, 0.25) is 0 Å². The summed E-state index contributed by atoms with van der Waals surface area (Å²) >= 11 is 1.61. The minimum absolute atomic E-state index is 0.0483. The second-order valence-electron chi connectivity index (χ2n) is 8.85. The summed E-state index contributed by atoms with van der Waals surface area (Å²) in [4.78, 5) is 33.4. The number of rotatable bonds is 1. The minimum atomic E-state index is -0.509. The Hall–Kier alpha value is -2.99. The molecule has 2 aliphatic carbocycles. The van der Waals surface area contributed by atoms with Gasteiger partial charge in [-0.25, -0.2) is 14.4 Å². The maximum Gasteiger partial charge on any atom is 0.227 e. The second kappa shape index (κ2) is 8.17. The van der Waals surface area contributed by atoms with Crippen molar-refractivity contribution in [2.75, 3.05) is 11.1 Å². The highest BCUT2D eigenvalue weighted by Crippen LogP contribution is 2.56. The van der Waals surface area contributed by atoms with Crippen molar-refractivity contribution in [3.8, 4) is 6.07 Å². The molecule has 1 amide bonds. The number of carbonyl (C=O) groups excluding carboxylic acids is 2. The van der Waals surface area contributed by atoms with Gasteiger partial charge in [0.15, 0.2) is 5.82 Å². The van der Waals surface area contributed by atoms with E-state index in [4.69, 9.17) is 5.73 Å². The lowest BCUT2D eigenvalue weighted by atomic mass is 9.76. The molecule has 2 aromatic rings. The molecule has 2 saturated carbocycles. The molecule has 9 heteroatoms. The number of primary amides is 1. The van der Waals surface area contributed by atoms with Crippen molar-refractivity contribution in [3.63, 3.8) is 0 Å². The molecule has 0 saturated heterocycles. The van der Waals surface area contributed by atoms with Crippen LogP contribution >= 0.6 is 11.8 Å². The van der Waals surface area contributed by atoms with E-state index in [1.807, 2.05) is 0 Å². The molecule has 5 atom stereocenters. The zero-order valence-electron chi connectivity index (χ0n) is 17.3. The summed E-state index contributed by atoms with van der Waals surface area (Å²) in [6.07, 6.45) is 3.30. The number of aromatic nitrogens is 2. The monoisotopic (exact) mass is 451 g/mol. The molecule has 3 N–H and O–H groups in total. The van der Waals surface area contributed by atoms with E-state index in [0.717, 1.165) is 19.0 Å². The Morgan fingerprint density at radius 3 is 2.94 bits per heavy atom. The van der Waals surface area contributed by atoms with Crippen LogP contribution in [0.15, 0.2) is 24.4 Å². The summed E-state index contributed by atoms with van der Waals surface area (Å²) in [5.41, 5.74) is 7.70. The zero-order valence-corrected chi connectivity index (χ0v) is 18.1. The molecule has 0 radical (unpaired) electrons. The van der Waals surface area contributed by atoms with Crippen molar-refractivity contribution in [2.24, 2.45) is 29.4 Å². The molecule has 3 aliphatic rings. The second-order valence-corrected chi connectivity index (χ2v) is 10.1. The number of hydrogen-bond donors (Lipinski definition) is 2. The minimum Gasteiger partial charge on any atom is -0.369 e. The summed E-state index contributed by atoms with van der Waals surface area (Å²) in [5.74, 6) is -0.300. The SMILES string of the molecule is N#Cc1ccc2cc1CC(=O)CS[C@@H]1C[C@@H]3C[C@H]1[C@@H](Cc1nc(ncc1F)N2)[C@H]3C(N)=O. The summed E-state index contributed by atoms with van der Waals surface area (Å²) in [6.45, 7) is 0. The Bertz CT molecular complexity index is 1150. The first kappa shape index (κ1) is 20.9. The number of carbonyl (C=O) groups is 2. The Labute approximate surface area is 189 Å². The van der Waals surface area contributed by atoms with Crippen molar-refractivity contribution in [1.82, 2.24) is 9.97 Å². The molecule has 0 spiro atoms. The molecule has 1 aliphatic heterocycles. The van der Waals surface area contributed by atoms with E-state index in [1.54, 1.807) is 30.0 Å². The topological polar surface area (TPSA) is 122 Å². The fraction of sp³-hybridized carbons (Fsp3) is 0.435. The quantitative estimate of drug-likeness (QED) is 0.684. The molecule has 1 aromatic heterocycles. The predicted molar refractivity (Wildman–Crippen MR) is 117 cm³/mol. The van der Waals surface area contributed by atoms with Crippen LogP contribution in [0.5, 0.6) is 0 Å². The average molecular weight is 452 g/mol. The summed E-state index contributed by atoms with van der Waals surface area (Å²) in [6, 6.07) is 7.24. The van der Waals surface area contributed by atoms with E-state index in [2.05, 4.69) is 21.4 Å². The first-order chi connectivity index (χ1) is 15.4. The molecular formula is C23H22FN5O2S. The number of thioether (sulfide) groups is 1. The summed E-state index contributed by atoms with van der Waals surface area (Å²) in [7, 11) is 0. The first-order valence-electron chi connectivity index (χ1n) is 10.7. The number of halogens is 1. The number of hydrogen-bond acceptors (Lipinski definition) is 7. The van der Waals surface area contributed by atoms with Crippen molar-refractivity contribution < 1.29 is 14.0 Å². The van der Waals surface area contributed by atoms with Gasteiger partial charge >= 0.3 is 0 Å². The van der Waals surface area contributed by atoms with E-state index in [0.29, 0.717) is 29.0 Å². The van der Waals surface area contributed by atoms with Crippen molar-refractivity contribution >= 4 is 35.1 Å². The van der Waals surface area contributed by atoms with Crippen LogP contribution in [-0.2, 0) is 22.4 Å². The maximum absolute atomic E-state index is 14.6. The van der Waals surface area contributed by atoms with E-state index in [-0.39, 0.29) is 58.7 Å². The molecule has 2 fully saturated rings. The third-order valence-electron chi connectivity index (χ3n) is 7.01. The number of Topliss-reactive ketones (excluding diaryl/α,β-unsaturated/α-hetero) is 1. The van der Waals surface area contributed by atoms with Gasteiger partial charge in [-0.2, -0.15) is 17.0 Å². The first-order valence-corrected chi connectivity index (χ1v) is 11.7. The van der Waals surface area contributed by atoms with Crippen molar-refractivity contribution in [1.29, 1.82) is 5.26 Å². The van der Waals surface area contributed by atoms with Crippen molar-refractivity contribution in [3.05, 3.63) is 47.0 Å². The Morgan fingerprint density at radius 2 is 2.16 bits per heavy atom. The Kier molecular flexibility index (Phi) is 5.33. The van der Waals surface area contributed by atoms with Crippen LogP contribution in [0, 0.1) is 40.8 Å². The number of nitrogens with zero attached hydrogens (tertiary/aromatic N) is 3. The van der Waals surface area contributed by atoms with E-state index in [1.165, 1.54) is 0 Å². The average Bonchev–Trinajstić information content (AvgIpc) is 3.32. The third kappa shape index (κ3) is 3.73. The molecular weight excluding hydrogens is 429 g/mol. The highest BCUT2D eigenvalue weighted by atomic mass is 32.2.